The van der Waals surface area contributed by atoms with Crippen LogP contribution in [0.5, 0.6) is 0 Å². The number of halogens is 1. The maximum absolute atomic E-state index is 5.06. The van der Waals surface area contributed by atoms with Crippen molar-refractivity contribution in [3.05, 3.63) is 35.9 Å². The Morgan fingerprint density at radius 3 is 2.50 bits per heavy atom. The number of benzene rings is 1. The van der Waals surface area contributed by atoms with E-state index in [1.807, 2.05) is 0 Å². The van der Waals surface area contributed by atoms with E-state index in [0.29, 0.717) is 11.8 Å². The maximum atomic E-state index is 5.06. The molecule has 0 amide bonds. The van der Waals surface area contributed by atoms with Crippen molar-refractivity contribution in [3.63, 3.8) is 0 Å². The van der Waals surface area contributed by atoms with E-state index >= 15 is 0 Å². The maximum Gasteiger partial charge on any atom is 0.193 e. The molecule has 2 aliphatic rings. The molecule has 0 spiro atoms. The zero-order chi connectivity index (χ0) is 19.1. The second-order valence-electron chi connectivity index (χ2n) is 8.16. The molecule has 2 aliphatic heterocycles. The lowest BCUT2D eigenvalue weighted by atomic mass is 9.79. The van der Waals surface area contributed by atoms with Gasteiger partial charge in [0.1, 0.15) is 0 Å². The molecule has 2 saturated heterocycles. The second-order valence-corrected chi connectivity index (χ2v) is 8.16. The first-order chi connectivity index (χ1) is 13.2. The van der Waals surface area contributed by atoms with Gasteiger partial charge in [-0.05, 0) is 56.2 Å². The van der Waals surface area contributed by atoms with Crippen molar-refractivity contribution < 1.29 is 0 Å². The first-order valence-corrected chi connectivity index (χ1v) is 11.1. The highest BCUT2D eigenvalue weighted by molar-refractivity contribution is 14.0. The van der Waals surface area contributed by atoms with Crippen molar-refractivity contribution in [2.24, 2.45) is 16.8 Å². The molecule has 3 atom stereocenters. The summed E-state index contributed by atoms with van der Waals surface area (Å²) in [6.45, 7) is 14.5. The molecule has 28 heavy (non-hydrogen) atoms. The van der Waals surface area contributed by atoms with Gasteiger partial charge in [0.2, 0.25) is 0 Å². The topological polar surface area (TPSA) is 30.9 Å². The molecule has 0 bridgehead atoms. The van der Waals surface area contributed by atoms with Crippen LogP contribution in [0.2, 0.25) is 0 Å². The van der Waals surface area contributed by atoms with Crippen LogP contribution in [0.25, 0.3) is 0 Å². The van der Waals surface area contributed by atoms with Crippen LogP contribution in [0.4, 0.5) is 0 Å². The molecule has 0 radical (unpaired) electrons. The number of hydrogen-bond acceptors (Lipinski definition) is 2. The minimum Gasteiger partial charge on any atom is -0.357 e. The summed E-state index contributed by atoms with van der Waals surface area (Å²) in [5.41, 5.74) is 1.51. The van der Waals surface area contributed by atoms with Gasteiger partial charge in [-0.3, -0.25) is 4.99 Å². The van der Waals surface area contributed by atoms with Gasteiger partial charge in [-0.25, -0.2) is 0 Å². The van der Waals surface area contributed by atoms with Crippen LogP contribution < -0.4 is 5.32 Å². The molecular formula is C23H39IN4. The molecule has 4 nitrogen and oxygen atoms in total. The lowest BCUT2D eigenvalue weighted by molar-refractivity contribution is 0.215. The molecule has 1 N–H and O–H groups in total. The monoisotopic (exact) mass is 498 g/mol. The van der Waals surface area contributed by atoms with Gasteiger partial charge in [-0.15, -0.1) is 24.0 Å². The van der Waals surface area contributed by atoms with Crippen LogP contribution in [0.1, 0.15) is 51.5 Å². The molecular weight excluding hydrogens is 459 g/mol. The van der Waals surface area contributed by atoms with Crippen molar-refractivity contribution in [1.29, 1.82) is 0 Å². The van der Waals surface area contributed by atoms with Gasteiger partial charge in [-0.2, -0.15) is 0 Å². The highest BCUT2D eigenvalue weighted by atomic mass is 127. The summed E-state index contributed by atoms with van der Waals surface area (Å²) in [5, 5.41) is 3.56. The standard InChI is InChI=1S/C23H38N4.HI/c1-4-20-18-27(15-13-22(20)21-10-8-7-9-11-21)23(24-5-2)25-16-19-12-14-26(6-3)17-19;/h7-11,19-20,22H,4-6,12-18H2,1-3H3,(H,24,25);1H. The molecule has 1 aromatic rings. The predicted octanol–water partition coefficient (Wildman–Crippen LogP) is 4.43. The molecule has 1 aromatic carbocycles. The number of likely N-dealkylation sites (tertiary alicyclic amines) is 2. The van der Waals surface area contributed by atoms with Gasteiger partial charge < -0.3 is 15.1 Å². The van der Waals surface area contributed by atoms with Crippen LogP contribution in [-0.4, -0.2) is 61.6 Å². The van der Waals surface area contributed by atoms with Crippen LogP contribution in [0.15, 0.2) is 35.3 Å². The van der Waals surface area contributed by atoms with Crippen molar-refractivity contribution in [2.45, 2.75) is 46.0 Å². The Labute approximate surface area is 189 Å². The quantitative estimate of drug-likeness (QED) is 0.358. The van der Waals surface area contributed by atoms with Gasteiger partial charge in [-0.1, -0.05) is 50.6 Å². The summed E-state index contributed by atoms with van der Waals surface area (Å²) in [7, 11) is 0. The third-order valence-electron chi connectivity index (χ3n) is 6.44. The van der Waals surface area contributed by atoms with Gasteiger partial charge >= 0.3 is 0 Å². The van der Waals surface area contributed by atoms with E-state index in [1.54, 1.807) is 0 Å². The largest absolute Gasteiger partial charge is 0.357 e. The Morgan fingerprint density at radius 2 is 1.86 bits per heavy atom. The summed E-state index contributed by atoms with van der Waals surface area (Å²) in [5.74, 6) is 3.25. The molecule has 0 saturated carbocycles. The summed E-state index contributed by atoms with van der Waals surface area (Å²) in [6.07, 6.45) is 3.74. The second kappa shape index (κ2) is 12.0. The first kappa shape index (κ1) is 23.5. The minimum absolute atomic E-state index is 0. The van der Waals surface area contributed by atoms with Crippen molar-refractivity contribution >= 4 is 29.9 Å². The van der Waals surface area contributed by atoms with E-state index in [4.69, 9.17) is 4.99 Å². The fraction of sp³-hybridized carbons (Fsp3) is 0.696. The molecule has 3 rings (SSSR count). The predicted molar refractivity (Wildman–Crippen MR) is 131 cm³/mol. The Kier molecular flexibility index (Phi) is 10.1. The van der Waals surface area contributed by atoms with Crippen LogP contribution >= 0.6 is 24.0 Å². The summed E-state index contributed by atoms with van der Waals surface area (Å²) in [6, 6.07) is 11.1. The highest BCUT2D eigenvalue weighted by Crippen LogP contribution is 2.34. The highest BCUT2D eigenvalue weighted by Gasteiger charge is 2.30. The van der Waals surface area contributed by atoms with Crippen molar-refractivity contribution in [2.75, 3.05) is 45.8 Å². The number of nitrogens with one attached hydrogen (secondary N) is 1. The number of piperidine rings is 1. The Bertz CT molecular complexity index is 592. The third kappa shape index (κ3) is 6.09. The van der Waals surface area contributed by atoms with Gasteiger partial charge in [0, 0.05) is 32.7 Å². The Morgan fingerprint density at radius 1 is 1.07 bits per heavy atom. The number of rotatable bonds is 6. The third-order valence-corrected chi connectivity index (χ3v) is 6.44. The van der Waals surface area contributed by atoms with Crippen LogP contribution in [0, 0.1) is 11.8 Å². The summed E-state index contributed by atoms with van der Waals surface area (Å²) in [4.78, 5) is 10.1. The molecule has 2 heterocycles. The van der Waals surface area contributed by atoms with Gasteiger partial charge in [0.05, 0.1) is 0 Å². The lowest BCUT2D eigenvalue weighted by Gasteiger charge is -2.40. The van der Waals surface area contributed by atoms with Crippen molar-refractivity contribution in [1.82, 2.24) is 15.1 Å². The number of guanidine groups is 1. The normalized spacial score (nSPS) is 26.2. The smallest absolute Gasteiger partial charge is 0.193 e. The Hall–Kier alpha value is -0.820. The molecule has 0 aromatic heterocycles. The SMILES string of the molecule is CCNC(=NCC1CCN(CC)C1)N1CCC(c2ccccc2)C(CC)C1.I. The number of nitrogens with zero attached hydrogens (tertiary/aromatic N) is 3. The molecule has 3 unspecified atom stereocenters. The lowest BCUT2D eigenvalue weighted by Crippen LogP contribution is -2.48. The van der Waals surface area contributed by atoms with Gasteiger partial charge in [0.25, 0.3) is 0 Å². The number of aliphatic imine (C=N–C) groups is 1. The van der Waals surface area contributed by atoms with E-state index in [0.717, 1.165) is 38.1 Å². The van der Waals surface area contributed by atoms with E-state index in [9.17, 15) is 0 Å². The fourth-order valence-corrected chi connectivity index (χ4v) is 4.77. The average Bonchev–Trinajstić information content (AvgIpc) is 3.19. The Balaban J connectivity index is 0.00000280. The zero-order valence-electron chi connectivity index (χ0n) is 17.9. The minimum atomic E-state index is 0. The van der Waals surface area contributed by atoms with Gasteiger partial charge in [0.15, 0.2) is 5.96 Å². The van der Waals surface area contributed by atoms with Crippen molar-refractivity contribution in [3.8, 4) is 0 Å². The summed E-state index contributed by atoms with van der Waals surface area (Å²) < 4.78 is 0. The van der Waals surface area contributed by atoms with Crippen LogP contribution in [0.3, 0.4) is 0 Å². The average molecular weight is 498 g/mol. The molecule has 5 heteroatoms. The van der Waals surface area contributed by atoms with E-state index in [1.165, 1.54) is 44.5 Å². The van der Waals surface area contributed by atoms with E-state index in [2.05, 4.69) is 66.2 Å². The van der Waals surface area contributed by atoms with Crippen LogP contribution in [-0.2, 0) is 0 Å². The fourth-order valence-electron chi connectivity index (χ4n) is 4.77. The zero-order valence-corrected chi connectivity index (χ0v) is 20.3. The number of hydrogen-bond donors (Lipinski definition) is 1. The molecule has 2 fully saturated rings. The first-order valence-electron chi connectivity index (χ1n) is 11.1. The van der Waals surface area contributed by atoms with E-state index in [-0.39, 0.29) is 24.0 Å². The summed E-state index contributed by atoms with van der Waals surface area (Å²) >= 11 is 0. The molecule has 158 valence electrons. The molecule has 0 aliphatic carbocycles. The van der Waals surface area contributed by atoms with E-state index < -0.39 is 0 Å².